The predicted octanol–water partition coefficient (Wildman–Crippen LogP) is 4.97. The Kier molecular flexibility index (Phi) is 6.13. The van der Waals surface area contributed by atoms with Crippen molar-refractivity contribution in [2.24, 2.45) is 5.10 Å². The van der Waals surface area contributed by atoms with E-state index in [2.05, 4.69) is 41.6 Å². The number of rotatable bonds is 4. The molecule has 2 N–H and O–H groups in total. The third-order valence-electron chi connectivity index (χ3n) is 2.62. The number of thiazole rings is 1. The van der Waals surface area contributed by atoms with Crippen LogP contribution in [0.25, 0.3) is 11.3 Å². The SMILES string of the molecule is Br.Clc1ccc(-c2csc(N/N=C/c3[nH]ncc3Br)n2)cc1. The second-order valence-corrected chi connectivity index (χ2v) is 6.20. The van der Waals surface area contributed by atoms with E-state index in [0.29, 0.717) is 10.2 Å². The van der Waals surface area contributed by atoms with Crippen molar-refractivity contribution in [2.45, 2.75) is 0 Å². The average Bonchev–Trinajstić information content (AvgIpc) is 3.10. The van der Waals surface area contributed by atoms with Gasteiger partial charge in [0, 0.05) is 16.0 Å². The Hall–Kier alpha value is -1.22. The number of hydrogen-bond acceptors (Lipinski definition) is 5. The number of aromatic nitrogens is 3. The van der Waals surface area contributed by atoms with Crippen LogP contribution in [0.5, 0.6) is 0 Å². The van der Waals surface area contributed by atoms with Crippen molar-refractivity contribution in [1.29, 1.82) is 0 Å². The Morgan fingerprint density at radius 1 is 1.32 bits per heavy atom. The summed E-state index contributed by atoms with van der Waals surface area (Å²) in [5, 5.41) is 14.2. The van der Waals surface area contributed by atoms with E-state index in [4.69, 9.17) is 11.6 Å². The molecule has 0 saturated carbocycles. The zero-order chi connectivity index (χ0) is 14.7. The molecular weight excluding hydrogens is 454 g/mol. The number of nitrogens with one attached hydrogen (secondary N) is 2. The summed E-state index contributed by atoms with van der Waals surface area (Å²) in [5.74, 6) is 0. The molecule has 2 heterocycles. The van der Waals surface area contributed by atoms with Crippen molar-refractivity contribution in [3.05, 3.63) is 51.0 Å². The van der Waals surface area contributed by atoms with Crippen LogP contribution in [0, 0.1) is 0 Å². The molecule has 0 aliphatic carbocycles. The van der Waals surface area contributed by atoms with Crippen LogP contribution < -0.4 is 5.43 Å². The summed E-state index contributed by atoms with van der Waals surface area (Å²) in [6.07, 6.45) is 3.31. The van der Waals surface area contributed by atoms with Crippen molar-refractivity contribution in [1.82, 2.24) is 15.2 Å². The van der Waals surface area contributed by atoms with E-state index < -0.39 is 0 Å². The van der Waals surface area contributed by atoms with E-state index in [1.807, 2.05) is 29.6 Å². The van der Waals surface area contributed by atoms with Crippen molar-refractivity contribution >= 4 is 67.2 Å². The lowest BCUT2D eigenvalue weighted by atomic mass is 10.2. The molecule has 0 amide bonds. The van der Waals surface area contributed by atoms with E-state index in [1.54, 1.807) is 12.4 Å². The zero-order valence-corrected chi connectivity index (χ0v) is 15.8. The van der Waals surface area contributed by atoms with Crippen LogP contribution in [0.1, 0.15) is 5.69 Å². The van der Waals surface area contributed by atoms with Gasteiger partial charge < -0.3 is 0 Å². The minimum absolute atomic E-state index is 0. The largest absolute Gasteiger partial charge is 0.276 e. The summed E-state index contributed by atoms with van der Waals surface area (Å²) in [5.41, 5.74) is 5.59. The van der Waals surface area contributed by atoms with Crippen LogP contribution in [0.3, 0.4) is 0 Å². The minimum atomic E-state index is 0. The Bertz CT molecular complexity index is 769. The molecule has 9 heteroatoms. The number of H-pyrrole nitrogens is 1. The highest BCUT2D eigenvalue weighted by molar-refractivity contribution is 9.10. The molecule has 0 radical (unpaired) electrons. The van der Waals surface area contributed by atoms with Gasteiger partial charge in [0.05, 0.1) is 28.3 Å². The van der Waals surface area contributed by atoms with Crippen molar-refractivity contribution in [3.63, 3.8) is 0 Å². The summed E-state index contributed by atoms with van der Waals surface area (Å²) in [6, 6.07) is 7.56. The summed E-state index contributed by atoms with van der Waals surface area (Å²) >= 11 is 10.7. The molecule has 0 spiro atoms. The molecule has 3 aromatic rings. The molecule has 114 valence electrons. The van der Waals surface area contributed by atoms with E-state index >= 15 is 0 Å². The lowest BCUT2D eigenvalue weighted by molar-refractivity contribution is 1.08. The number of hydrazone groups is 1. The first kappa shape index (κ1) is 17.1. The van der Waals surface area contributed by atoms with Crippen LogP contribution in [0.15, 0.2) is 45.4 Å². The molecule has 5 nitrogen and oxygen atoms in total. The number of halogens is 3. The predicted molar refractivity (Wildman–Crippen MR) is 100 cm³/mol. The van der Waals surface area contributed by atoms with Gasteiger partial charge in [0.15, 0.2) is 0 Å². The summed E-state index contributed by atoms with van der Waals surface area (Å²) in [4.78, 5) is 4.46. The highest BCUT2D eigenvalue weighted by Crippen LogP contribution is 2.25. The molecule has 0 fully saturated rings. The standard InChI is InChI=1S/C13H9BrClN5S.BrH/c14-10-5-16-19-11(10)6-17-20-13-18-12(7-21-13)8-1-3-9(15)4-2-8;/h1-7H,(H,16,19)(H,18,20);1H/b17-6+;. The van der Waals surface area contributed by atoms with Gasteiger partial charge >= 0.3 is 0 Å². The van der Waals surface area contributed by atoms with Gasteiger partial charge in [0.1, 0.15) is 0 Å². The lowest BCUT2D eigenvalue weighted by Gasteiger charge is -1.96. The third-order valence-corrected chi connectivity index (χ3v) is 4.25. The Balaban J connectivity index is 0.00000176. The van der Waals surface area contributed by atoms with Crippen LogP contribution >= 0.6 is 55.8 Å². The monoisotopic (exact) mass is 461 g/mol. The first-order chi connectivity index (χ1) is 10.2. The third kappa shape index (κ3) is 4.16. The molecule has 0 saturated heterocycles. The molecular formula is C13H10Br2ClN5S. The molecule has 3 rings (SSSR count). The second kappa shape index (κ2) is 7.87. The van der Waals surface area contributed by atoms with Crippen LogP contribution in [0.4, 0.5) is 5.13 Å². The molecule has 2 aromatic heterocycles. The van der Waals surface area contributed by atoms with Crippen molar-refractivity contribution in [3.8, 4) is 11.3 Å². The van der Waals surface area contributed by atoms with Gasteiger partial charge in [-0.2, -0.15) is 10.2 Å². The molecule has 0 aliphatic rings. The number of aromatic amines is 1. The minimum Gasteiger partial charge on any atom is -0.276 e. The average molecular weight is 464 g/mol. The van der Waals surface area contributed by atoms with Gasteiger partial charge in [-0.1, -0.05) is 23.7 Å². The fourth-order valence-corrected chi connectivity index (χ4v) is 2.69. The van der Waals surface area contributed by atoms with E-state index in [9.17, 15) is 0 Å². The van der Waals surface area contributed by atoms with E-state index in [-0.39, 0.29) is 17.0 Å². The maximum absolute atomic E-state index is 5.87. The van der Waals surface area contributed by atoms with Gasteiger partial charge in [-0.25, -0.2) is 4.98 Å². The highest BCUT2D eigenvalue weighted by atomic mass is 79.9. The second-order valence-electron chi connectivity index (χ2n) is 4.05. The van der Waals surface area contributed by atoms with Gasteiger partial charge in [-0.15, -0.1) is 28.3 Å². The number of hydrogen-bond donors (Lipinski definition) is 2. The lowest BCUT2D eigenvalue weighted by Crippen LogP contribution is -1.91. The Labute approximate surface area is 154 Å². The summed E-state index contributed by atoms with van der Waals surface area (Å²) < 4.78 is 0.856. The normalized spacial score (nSPS) is 10.6. The van der Waals surface area contributed by atoms with Gasteiger partial charge in [0.2, 0.25) is 5.13 Å². The van der Waals surface area contributed by atoms with Crippen molar-refractivity contribution in [2.75, 3.05) is 5.43 Å². The quantitative estimate of drug-likeness (QED) is 0.424. The maximum Gasteiger partial charge on any atom is 0.203 e. The fraction of sp³-hybridized carbons (Fsp3) is 0. The first-order valence-electron chi connectivity index (χ1n) is 5.92. The number of benzene rings is 1. The number of nitrogens with zero attached hydrogens (tertiary/aromatic N) is 3. The molecule has 0 atom stereocenters. The van der Waals surface area contributed by atoms with Crippen molar-refractivity contribution < 1.29 is 0 Å². The Morgan fingerprint density at radius 3 is 2.77 bits per heavy atom. The summed E-state index contributed by atoms with van der Waals surface area (Å²) in [7, 11) is 0. The summed E-state index contributed by atoms with van der Waals surface area (Å²) in [6.45, 7) is 0. The molecule has 0 aliphatic heterocycles. The zero-order valence-electron chi connectivity index (χ0n) is 11.0. The van der Waals surface area contributed by atoms with E-state index in [1.165, 1.54) is 11.3 Å². The van der Waals surface area contributed by atoms with Gasteiger partial charge in [0.25, 0.3) is 0 Å². The van der Waals surface area contributed by atoms with Crippen LogP contribution in [-0.2, 0) is 0 Å². The maximum atomic E-state index is 5.87. The molecule has 0 unspecified atom stereocenters. The molecule has 22 heavy (non-hydrogen) atoms. The fourth-order valence-electron chi connectivity index (χ4n) is 1.60. The van der Waals surface area contributed by atoms with Crippen LogP contribution in [-0.4, -0.2) is 21.4 Å². The van der Waals surface area contributed by atoms with E-state index in [0.717, 1.165) is 21.4 Å². The van der Waals surface area contributed by atoms with Crippen LogP contribution in [0.2, 0.25) is 5.02 Å². The first-order valence-corrected chi connectivity index (χ1v) is 7.97. The number of anilines is 1. The topological polar surface area (TPSA) is 66.0 Å². The van der Waals surface area contributed by atoms with Gasteiger partial charge in [-0.3, -0.25) is 10.5 Å². The van der Waals surface area contributed by atoms with Gasteiger partial charge in [-0.05, 0) is 28.1 Å². The highest BCUT2D eigenvalue weighted by Gasteiger charge is 2.04. The smallest absolute Gasteiger partial charge is 0.203 e. The molecule has 1 aromatic carbocycles. The molecule has 0 bridgehead atoms. The Morgan fingerprint density at radius 2 is 2.09 bits per heavy atom.